The van der Waals surface area contributed by atoms with Crippen molar-refractivity contribution in [2.24, 2.45) is 0 Å². The SMILES string of the molecule is CN(C)c1ccc(C(=C2C=CC(N(C)C)C=C2)c2ccc(CS(=O)(=O)O)c(CS(=O)(=O)O)c2)cc1.[Na+]. The van der Waals surface area contributed by atoms with E-state index in [1.165, 1.54) is 6.07 Å². The van der Waals surface area contributed by atoms with Gasteiger partial charge in [0.05, 0.1) is 0 Å². The van der Waals surface area contributed by atoms with Crippen molar-refractivity contribution in [2.45, 2.75) is 17.5 Å². The third-order valence-corrected chi connectivity index (χ3v) is 7.03. The molecule has 1 aliphatic rings. The molecule has 0 spiro atoms. The Labute approximate surface area is 235 Å². The number of likely N-dealkylation sites (N-methyl/N-ethyl adjacent to an activating group) is 1. The smallest absolute Gasteiger partial charge is 0.378 e. The molecule has 0 radical (unpaired) electrons. The van der Waals surface area contributed by atoms with E-state index in [0.29, 0.717) is 5.56 Å². The summed E-state index contributed by atoms with van der Waals surface area (Å²) in [6.07, 6.45) is 8.09. The average molecular weight is 542 g/mol. The van der Waals surface area contributed by atoms with E-state index in [1.54, 1.807) is 12.1 Å². The Bertz CT molecular complexity index is 1380. The molecule has 188 valence electrons. The number of allylic oxidation sites excluding steroid dienone is 3. The van der Waals surface area contributed by atoms with Gasteiger partial charge in [0, 0.05) is 25.8 Å². The first-order valence-corrected chi connectivity index (χ1v) is 14.0. The molecule has 2 aromatic carbocycles. The van der Waals surface area contributed by atoms with Crippen molar-refractivity contribution < 1.29 is 55.5 Å². The van der Waals surface area contributed by atoms with Gasteiger partial charge >= 0.3 is 29.6 Å². The molecule has 0 atom stereocenters. The zero-order chi connectivity index (χ0) is 26.0. The Kier molecular flexibility index (Phi) is 10.3. The Morgan fingerprint density at radius 2 is 1.28 bits per heavy atom. The predicted molar refractivity (Wildman–Crippen MR) is 139 cm³/mol. The molecule has 0 bridgehead atoms. The van der Waals surface area contributed by atoms with Crippen LogP contribution in [0.3, 0.4) is 0 Å². The molecular formula is C25H30N2NaO6S2+. The summed E-state index contributed by atoms with van der Waals surface area (Å²) in [4.78, 5) is 4.04. The number of hydrogen-bond acceptors (Lipinski definition) is 6. The zero-order valence-electron chi connectivity index (χ0n) is 21.1. The molecule has 0 fully saturated rings. The molecule has 2 aromatic rings. The molecule has 0 saturated carbocycles. The summed E-state index contributed by atoms with van der Waals surface area (Å²) >= 11 is 0. The number of anilines is 1. The van der Waals surface area contributed by atoms with Crippen molar-refractivity contribution in [3.05, 3.63) is 94.6 Å². The van der Waals surface area contributed by atoms with E-state index in [9.17, 15) is 25.9 Å². The van der Waals surface area contributed by atoms with Gasteiger partial charge in [0.15, 0.2) is 0 Å². The van der Waals surface area contributed by atoms with Crippen molar-refractivity contribution in [2.75, 3.05) is 33.1 Å². The maximum absolute atomic E-state index is 11.7. The fourth-order valence-electron chi connectivity index (χ4n) is 3.91. The van der Waals surface area contributed by atoms with Crippen LogP contribution in [0.5, 0.6) is 0 Å². The maximum atomic E-state index is 11.7. The van der Waals surface area contributed by atoms with Crippen LogP contribution < -0.4 is 34.5 Å². The largest absolute Gasteiger partial charge is 1.00 e. The maximum Gasteiger partial charge on any atom is 1.00 e. The second-order valence-electron chi connectivity index (χ2n) is 8.88. The van der Waals surface area contributed by atoms with Crippen LogP contribution in [0.4, 0.5) is 5.69 Å². The molecule has 8 nitrogen and oxygen atoms in total. The predicted octanol–water partition coefficient (Wildman–Crippen LogP) is 0.390. The van der Waals surface area contributed by atoms with Crippen LogP contribution in [-0.2, 0) is 31.7 Å². The van der Waals surface area contributed by atoms with Crippen LogP contribution in [0.2, 0.25) is 0 Å². The van der Waals surface area contributed by atoms with E-state index in [1.807, 2.05) is 69.5 Å². The standard InChI is InChI=1S/C25H30N2O6S2.Na/c1-26(2)23-11-7-18(8-12-23)25(19-9-13-24(14-10-19)27(3)4)20-5-6-21(16-34(28,29)30)22(15-20)17-35(31,32)33;/h5-15,23H,16-17H2,1-4H3,(H,28,29,30)(H,31,32,33);/q;+1. The zero-order valence-corrected chi connectivity index (χ0v) is 24.7. The van der Waals surface area contributed by atoms with Crippen LogP contribution in [0.25, 0.3) is 5.57 Å². The molecule has 2 N–H and O–H groups in total. The average Bonchev–Trinajstić information content (AvgIpc) is 2.74. The van der Waals surface area contributed by atoms with E-state index in [-0.39, 0.29) is 46.7 Å². The summed E-state index contributed by atoms with van der Waals surface area (Å²) in [7, 11) is -1.02. The molecular weight excluding hydrogens is 511 g/mol. The van der Waals surface area contributed by atoms with Gasteiger partial charge in [0.1, 0.15) is 11.5 Å². The van der Waals surface area contributed by atoms with Gasteiger partial charge in [-0.15, -0.1) is 0 Å². The summed E-state index contributed by atoms with van der Waals surface area (Å²) in [6, 6.07) is 12.7. The van der Waals surface area contributed by atoms with Crippen LogP contribution in [0, 0.1) is 0 Å². The molecule has 36 heavy (non-hydrogen) atoms. The minimum Gasteiger partial charge on any atom is -0.378 e. The van der Waals surface area contributed by atoms with Crippen molar-refractivity contribution in [1.82, 2.24) is 4.90 Å². The Morgan fingerprint density at radius 3 is 1.75 bits per heavy atom. The third-order valence-electron chi connectivity index (χ3n) is 5.67. The quantitative estimate of drug-likeness (QED) is 0.365. The molecule has 0 heterocycles. The summed E-state index contributed by atoms with van der Waals surface area (Å²) in [5.41, 5.74) is 4.44. The van der Waals surface area contributed by atoms with Crippen molar-refractivity contribution in [1.29, 1.82) is 0 Å². The van der Waals surface area contributed by atoms with Crippen LogP contribution in [-0.4, -0.2) is 65.1 Å². The molecule has 3 rings (SSSR count). The first-order chi connectivity index (χ1) is 16.2. The van der Waals surface area contributed by atoms with Crippen molar-refractivity contribution in [3.63, 3.8) is 0 Å². The van der Waals surface area contributed by atoms with Crippen LogP contribution in [0.15, 0.2) is 72.3 Å². The summed E-state index contributed by atoms with van der Waals surface area (Å²) in [6.45, 7) is 0. The number of nitrogens with zero attached hydrogens (tertiary/aromatic N) is 2. The Hall–Kier alpha value is -1.76. The second-order valence-corrected chi connectivity index (χ2v) is 11.8. The fourth-order valence-corrected chi connectivity index (χ4v) is 5.25. The van der Waals surface area contributed by atoms with Gasteiger partial charge in [-0.25, -0.2) is 0 Å². The second kappa shape index (κ2) is 12.2. The van der Waals surface area contributed by atoms with Gasteiger partial charge in [0.25, 0.3) is 20.2 Å². The minimum absolute atomic E-state index is 0. The van der Waals surface area contributed by atoms with Gasteiger partial charge in [-0.1, -0.05) is 48.6 Å². The van der Waals surface area contributed by atoms with Gasteiger partial charge in [-0.3, -0.25) is 14.0 Å². The third kappa shape index (κ3) is 8.39. The number of hydrogen-bond donors (Lipinski definition) is 2. The van der Waals surface area contributed by atoms with Gasteiger partial charge in [-0.2, -0.15) is 16.8 Å². The van der Waals surface area contributed by atoms with Crippen molar-refractivity contribution in [3.8, 4) is 0 Å². The molecule has 11 heteroatoms. The number of benzene rings is 2. The van der Waals surface area contributed by atoms with Crippen molar-refractivity contribution >= 4 is 31.5 Å². The van der Waals surface area contributed by atoms with E-state index in [4.69, 9.17) is 0 Å². The summed E-state index contributed by atoms with van der Waals surface area (Å²) in [5, 5.41) is 0. The van der Waals surface area contributed by atoms with E-state index in [2.05, 4.69) is 17.1 Å². The first-order valence-electron chi connectivity index (χ1n) is 10.8. The van der Waals surface area contributed by atoms with Crippen LogP contribution >= 0.6 is 0 Å². The summed E-state index contributed by atoms with van der Waals surface area (Å²) < 4.78 is 65.1. The van der Waals surface area contributed by atoms with E-state index in [0.717, 1.165) is 22.4 Å². The van der Waals surface area contributed by atoms with E-state index >= 15 is 0 Å². The molecule has 1 aliphatic carbocycles. The fraction of sp³-hybridized carbons (Fsp3) is 0.280. The normalized spacial score (nSPS) is 15.6. The Balaban J connectivity index is 0.00000456. The molecule has 0 amide bonds. The minimum atomic E-state index is -4.45. The van der Waals surface area contributed by atoms with Gasteiger partial charge in [0.2, 0.25) is 0 Å². The monoisotopic (exact) mass is 541 g/mol. The Morgan fingerprint density at radius 1 is 0.778 bits per heavy atom. The molecule has 0 unspecified atom stereocenters. The van der Waals surface area contributed by atoms with Gasteiger partial charge in [-0.05, 0) is 65.7 Å². The van der Waals surface area contributed by atoms with E-state index < -0.39 is 31.7 Å². The summed E-state index contributed by atoms with van der Waals surface area (Å²) in [5.74, 6) is -1.53. The molecule has 0 saturated heterocycles. The van der Waals surface area contributed by atoms with Gasteiger partial charge < -0.3 is 4.90 Å². The molecule has 0 aliphatic heterocycles. The topological polar surface area (TPSA) is 115 Å². The first kappa shape index (κ1) is 30.5. The number of rotatable bonds is 8. The van der Waals surface area contributed by atoms with Crippen LogP contribution in [0.1, 0.15) is 22.3 Å². The molecule has 0 aromatic heterocycles.